The predicted molar refractivity (Wildman–Crippen MR) is 79.3 cm³/mol. The zero-order valence-corrected chi connectivity index (χ0v) is 12.1. The van der Waals surface area contributed by atoms with E-state index < -0.39 is 0 Å². The third-order valence-electron chi connectivity index (χ3n) is 3.99. The van der Waals surface area contributed by atoms with Gasteiger partial charge in [0.25, 0.3) is 0 Å². The first-order valence-electron chi connectivity index (χ1n) is 6.76. The highest BCUT2D eigenvalue weighted by Gasteiger charge is 2.34. The molecule has 0 saturated carbocycles. The van der Waals surface area contributed by atoms with E-state index in [-0.39, 0.29) is 5.54 Å². The van der Waals surface area contributed by atoms with Crippen LogP contribution in [0.1, 0.15) is 33.1 Å². The fourth-order valence-corrected chi connectivity index (χ4v) is 3.24. The second-order valence-corrected chi connectivity index (χ2v) is 6.31. The fraction of sp³-hybridized carbons (Fsp3) is 0.600. The first-order valence-corrected chi connectivity index (χ1v) is 7.14. The van der Waals surface area contributed by atoms with Crippen LogP contribution in [0.4, 0.5) is 5.69 Å². The maximum absolute atomic E-state index is 5.95. The summed E-state index contributed by atoms with van der Waals surface area (Å²) in [4.78, 5) is 2.50. The number of rotatable bonds is 3. The first kappa shape index (κ1) is 13.7. The first-order chi connectivity index (χ1) is 8.53. The molecule has 0 aliphatic carbocycles. The van der Waals surface area contributed by atoms with Gasteiger partial charge in [0, 0.05) is 22.8 Å². The summed E-state index contributed by atoms with van der Waals surface area (Å²) in [6.45, 7) is 6.57. The Labute approximate surface area is 115 Å². The molecule has 1 aliphatic rings. The quantitative estimate of drug-likeness (QED) is 0.904. The van der Waals surface area contributed by atoms with E-state index in [0.29, 0.717) is 0 Å². The Hall–Kier alpha value is -0.730. The van der Waals surface area contributed by atoms with Crippen molar-refractivity contribution in [2.24, 2.45) is 11.7 Å². The lowest BCUT2D eigenvalue weighted by Crippen LogP contribution is -2.50. The van der Waals surface area contributed by atoms with Crippen molar-refractivity contribution in [1.82, 2.24) is 0 Å². The standard InChI is InChI=1S/C15H23ClN2/c1-15(2)11-12(7-9-17)8-10-18(15)14-5-3-13(16)4-6-14/h3-6,12H,7-11,17H2,1-2H3. The van der Waals surface area contributed by atoms with Gasteiger partial charge >= 0.3 is 0 Å². The number of hydrogen-bond acceptors (Lipinski definition) is 2. The van der Waals surface area contributed by atoms with Crippen LogP contribution in [0.3, 0.4) is 0 Å². The molecular formula is C15H23ClN2. The van der Waals surface area contributed by atoms with Crippen molar-refractivity contribution in [1.29, 1.82) is 0 Å². The van der Waals surface area contributed by atoms with Crippen LogP contribution in [0.2, 0.25) is 5.02 Å². The van der Waals surface area contributed by atoms with Crippen molar-refractivity contribution in [2.75, 3.05) is 18.0 Å². The molecule has 2 N–H and O–H groups in total. The average Bonchev–Trinajstić information content (AvgIpc) is 2.30. The third kappa shape index (κ3) is 2.99. The zero-order valence-electron chi connectivity index (χ0n) is 11.3. The SMILES string of the molecule is CC1(C)CC(CCN)CCN1c1ccc(Cl)cc1. The number of benzene rings is 1. The summed E-state index contributed by atoms with van der Waals surface area (Å²) in [7, 11) is 0. The summed E-state index contributed by atoms with van der Waals surface area (Å²) in [6.07, 6.45) is 3.61. The Bertz CT molecular complexity index is 386. The van der Waals surface area contributed by atoms with Gasteiger partial charge in [-0.05, 0) is 69.8 Å². The molecule has 1 aromatic rings. The van der Waals surface area contributed by atoms with Crippen molar-refractivity contribution in [2.45, 2.75) is 38.6 Å². The second kappa shape index (κ2) is 5.50. The monoisotopic (exact) mass is 266 g/mol. The molecule has 100 valence electrons. The molecule has 0 spiro atoms. The summed E-state index contributed by atoms with van der Waals surface area (Å²) in [6, 6.07) is 8.18. The van der Waals surface area contributed by atoms with E-state index in [4.69, 9.17) is 17.3 Å². The topological polar surface area (TPSA) is 29.3 Å². The van der Waals surface area contributed by atoms with Crippen LogP contribution in [0.25, 0.3) is 0 Å². The molecule has 3 heteroatoms. The normalized spacial score (nSPS) is 23.1. The van der Waals surface area contributed by atoms with E-state index in [0.717, 1.165) is 30.5 Å². The number of halogens is 1. The van der Waals surface area contributed by atoms with E-state index in [9.17, 15) is 0 Å². The number of hydrogen-bond donors (Lipinski definition) is 1. The minimum Gasteiger partial charge on any atom is -0.366 e. The Morgan fingerprint density at radius 3 is 2.56 bits per heavy atom. The predicted octanol–water partition coefficient (Wildman–Crippen LogP) is 3.68. The van der Waals surface area contributed by atoms with Gasteiger partial charge < -0.3 is 10.6 Å². The molecule has 1 aromatic carbocycles. The van der Waals surface area contributed by atoms with Gasteiger partial charge in [-0.1, -0.05) is 11.6 Å². The zero-order chi connectivity index (χ0) is 13.2. The van der Waals surface area contributed by atoms with Crippen LogP contribution < -0.4 is 10.6 Å². The molecular weight excluding hydrogens is 244 g/mol. The van der Waals surface area contributed by atoms with Gasteiger partial charge in [0.1, 0.15) is 0 Å². The van der Waals surface area contributed by atoms with Crippen LogP contribution in [-0.4, -0.2) is 18.6 Å². The summed E-state index contributed by atoms with van der Waals surface area (Å²) < 4.78 is 0. The summed E-state index contributed by atoms with van der Waals surface area (Å²) >= 11 is 5.95. The molecule has 2 nitrogen and oxygen atoms in total. The summed E-state index contributed by atoms with van der Waals surface area (Å²) in [5, 5.41) is 0.801. The van der Waals surface area contributed by atoms with Gasteiger partial charge in [-0.3, -0.25) is 0 Å². The molecule has 2 rings (SSSR count). The molecule has 0 amide bonds. The second-order valence-electron chi connectivity index (χ2n) is 5.88. The van der Waals surface area contributed by atoms with Crippen molar-refractivity contribution in [3.8, 4) is 0 Å². The third-order valence-corrected chi connectivity index (χ3v) is 4.25. The van der Waals surface area contributed by atoms with Crippen LogP contribution in [-0.2, 0) is 0 Å². The Balaban J connectivity index is 2.12. The highest BCUT2D eigenvalue weighted by molar-refractivity contribution is 6.30. The smallest absolute Gasteiger partial charge is 0.0407 e. The summed E-state index contributed by atoms with van der Waals surface area (Å²) in [5.74, 6) is 0.772. The number of anilines is 1. The van der Waals surface area contributed by atoms with Gasteiger partial charge in [-0.25, -0.2) is 0 Å². The Morgan fingerprint density at radius 2 is 2.00 bits per heavy atom. The largest absolute Gasteiger partial charge is 0.366 e. The molecule has 1 unspecified atom stereocenters. The van der Waals surface area contributed by atoms with E-state index >= 15 is 0 Å². The summed E-state index contributed by atoms with van der Waals surface area (Å²) in [5.41, 5.74) is 7.16. The van der Waals surface area contributed by atoms with Crippen molar-refractivity contribution < 1.29 is 0 Å². The molecule has 1 aliphatic heterocycles. The molecule has 18 heavy (non-hydrogen) atoms. The Morgan fingerprint density at radius 1 is 1.33 bits per heavy atom. The minimum absolute atomic E-state index is 0.200. The highest BCUT2D eigenvalue weighted by atomic mass is 35.5. The van der Waals surface area contributed by atoms with Crippen LogP contribution in [0, 0.1) is 5.92 Å². The molecule has 1 fully saturated rings. The number of nitrogens with two attached hydrogens (primary N) is 1. The van der Waals surface area contributed by atoms with Gasteiger partial charge in [-0.2, -0.15) is 0 Å². The number of nitrogens with zero attached hydrogens (tertiary/aromatic N) is 1. The van der Waals surface area contributed by atoms with Gasteiger partial charge in [0.15, 0.2) is 0 Å². The number of piperidine rings is 1. The average molecular weight is 267 g/mol. The van der Waals surface area contributed by atoms with Crippen LogP contribution in [0.15, 0.2) is 24.3 Å². The van der Waals surface area contributed by atoms with Crippen molar-refractivity contribution in [3.63, 3.8) is 0 Å². The van der Waals surface area contributed by atoms with Gasteiger partial charge in [-0.15, -0.1) is 0 Å². The van der Waals surface area contributed by atoms with Gasteiger partial charge in [0.2, 0.25) is 0 Å². The van der Waals surface area contributed by atoms with Crippen LogP contribution >= 0.6 is 11.6 Å². The maximum atomic E-state index is 5.95. The van der Waals surface area contributed by atoms with Crippen LogP contribution in [0.5, 0.6) is 0 Å². The van der Waals surface area contributed by atoms with Gasteiger partial charge in [0.05, 0.1) is 0 Å². The molecule has 0 bridgehead atoms. The highest BCUT2D eigenvalue weighted by Crippen LogP contribution is 2.36. The van der Waals surface area contributed by atoms with E-state index in [1.807, 2.05) is 12.1 Å². The van der Waals surface area contributed by atoms with Crippen molar-refractivity contribution in [3.05, 3.63) is 29.3 Å². The lowest BCUT2D eigenvalue weighted by atomic mass is 9.80. The Kier molecular flexibility index (Phi) is 4.18. The van der Waals surface area contributed by atoms with E-state index in [1.54, 1.807) is 0 Å². The molecule has 1 heterocycles. The molecule has 0 aromatic heterocycles. The van der Waals surface area contributed by atoms with Crippen molar-refractivity contribution >= 4 is 17.3 Å². The fourth-order valence-electron chi connectivity index (χ4n) is 3.11. The molecule has 1 saturated heterocycles. The minimum atomic E-state index is 0.200. The lowest BCUT2D eigenvalue weighted by Gasteiger charge is -2.47. The lowest BCUT2D eigenvalue weighted by molar-refractivity contribution is 0.264. The maximum Gasteiger partial charge on any atom is 0.0407 e. The molecule has 0 radical (unpaired) electrons. The van der Waals surface area contributed by atoms with E-state index in [1.165, 1.54) is 18.5 Å². The molecule has 1 atom stereocenters. The van der Waals surface area contributed by atoms with E-state index in [2.05, 4.69) is 30.9 Å².